The van der Waals surface area contributed by atoms with Gasteiger partial charge in [-0.25, -0.2) is 4.79 Å². The molecule has 1 saturated carbocycles. The van der Waals surface area contributed by atoms with Crippen LogP contribution in [0.2, 0.25) is 0 Å². The number of hydrogen-bond acceptors (Lipinski definition) is 3. The molecule has 18 heavy (non-hydrogen) atoms. The van der Waals surface area contributed by atoms with Crippen molar-refractivity contribution in [1.29, 1.82) is 0 Å². The van der Waals surface area contributed by atoms with E-state index in [2.05, 4.69) is 6.92 Å². The molecule has 0 spiro atoms. The summed E-state index contributed by atoms with van der Waals surface area (Å²) in [6.07, 6.45) is 5.55. The van der Waals surface area contributed by atoms with Crippen LogP contribution < -0.4 is 0 Å². The number of phenols is 1. The van der Waals surface area contributed by atoms with Crippen LogP contribution in [0, 0.1) is 5.92 Å². The highest BCUT2D eigenvalue weighted by molar-refractivity contribution is 5.89. The minimum Gasteiger partial charge on any atom is -0.508 e. The van der Waals surface area contributed by atoms with Gasteiger partial charge in [0.15, 0.2) is 0 Å². The molecule has 0 heterocycles. The van der Waals surface area contributed by atoms with E-state index in [1.165, 1.54) is 18.6 Å². The van der Waals surface area contributed by atoms with Crippen molar-refractivity contribution in [3.05, 3.63) is 29.8 Å². The highest BCUT2D eigenvalue weighted by Gasteiger charge is 2.23. The molecule has 0 amide bonds. The van der Waals surface area contributed by atoms with Crippen LogP contribution in [-0.4, -0.2) is 17.2 Å². The maximum absolute atomic E-state index is 11.9. The molecular weight excluding hydrogens is 228 g/mol. The topological polar surface area (TPSA) is 46.5 Å². The van der Waals surface area contributed by atoms with Crippen molar-refractivity contribution < 1.29 is 14.6 Å². The first-order valence-corrected chi connectivity index (χ1v) is 6.69. The van der Waals surface area contributed by atoms with E-state index in [1.54, 1.807) is 12.1 Å². The molecule has 0 radical (unpaired) electrons. The Morgan fingerprint density at radius 2 is 1.83 bits per heavy atom. The monoisotopic (exact) mass is 248 g/mol. The van der Waals surface area contributed by atoms with Crippen molar-refractivity contribution in [3.8, 4) is 5.75 Å². The van der Waals surface area contributed by atoms with Crippen LogP contribution in [0.3, 0.4) is 0 Å². The van der Waals surface area contributed by atoms with Crippen molar-refractivity contribution in [3.63, 3.8) is 0 Å². The number of esters is 1. The maximum Gasteiger partial charge on any atom is 0.338 e. The van der Waals surface area contributed by atoms with Crippen LogP contribution in [0.1, 0.15) is 49.4 Å². The van der Waals surface area contributed by atoms with E-state index in [9.17, 15) is 4.79 Å². The van der Waals surface area contributed by atoms with Crippen molar-refractivity contribution in [2.24, 2.45) is 5.92 Å². The number of carbonyl (C=O) groups is 1. The Balaban J connectivity index is 1.86. The second-order valence-electron chi connectivity index (χ2n) is 5.00. The zero-order valence-corrected chi connectivity index (χ0v) is 10.8. The smallest absolute Gasteiger partial charge is 0.338 e. The zero-order chi connectivity index (χ0) is 13.0. The van der Waals surface area contributed by atoms with E-state index < -0.39 is 0 Å². The van der Waals surface area contributed by atoms with Crippen molar-refractivity contribution in [2.75, 3.05) is 0 Å². The number of phenolic OH excluding ortho intramolecular Hbond substituents is 1. The molecule has 0 atom stereocenters. The highest BCUT2D eigenvalue weighted by atomic mass is 16.5. The van der Waals surface area contributed by atoms with Crippen molar-refractivity contribution >= 4 is 5.97 Å². The Morgan fingerprint density at radius 3 is 2.39 bits per heavy atom. The molecule has 98 valence electrons. The first-order valence-electron chi connectivity index (χ1n) is 6.69. The van der Waals surface area contributed by atoms with E-state index in [0.717, 1.165) is 31.6 Å². The molecule has 0 aromatic heterocycles. The molecule has 1 fully saturated rings. The molecule has 0 aliphatic heterocycles. The predicted octanol–water partition coefficient (Wildman–Crippen LogP) is 3.52. The summed E-state index contributed by atoms with van der Waals surface area (Å²) >= 11 is 0. The van der Waals surface area contributed by atoms with E-state index >= 15 is 0 Å². The summed E-state index contributed by atoms with van der Waals surface area (Å²) in [4.78, 5) is 11.9. The molecular formula is C15H20O3. The number of ether oxygens (including phenoxy) is 1. The molecule has 3 heteroatoms. The highest BCUT2D eigenvalue weighted by Crippen LogP contribution is 2.28. The minimum atomic E-state index is -0.282. The van der Waals surface area contributed by atoms with Gasteiger partial charge in [-0.1, -0.05) is 13.3 Å². The summed E-state index contributed by atoms with van der Waals surface area (Å²) in [5, 5.41) is 9.16. The second kappa shape index (κ2) is 5.89. The summed E-state index contributed by atoms with van der Waals surface area (Å²) < 4.78 is 5.49. The maximum atomic E-state index is 11.9. The number of hydrogen-bond donors (Lipinski definition) is 1. The molecule has 0 saturated heterocycles. The fraction of sp³-hybridized carbons (Fsp3) is 0.533. The summed E-state index contributed by atoms with van der Waals surface area (Å²) in [5.41, 5.74) is 0.505. The standard InChI is InChI=1S/C15H20O3/c1-2-11-3-9-14(10-4-11)18-15(17)12-5-7-13(16)8-6-12/h5-8,11,14,16H,2-4,9-10H2,1H3. The molecule has 1 aliphatic carbocycles. The molecule has 2 rings (SSSR count). The quantitative estimate of drug-likeness (QED) is 0.832. The van der Waals surface area contributed by atoms with E-state index in [1.807, 2.05) is 0 Å². The van der Waals surface area contributed by atoms with E-state index in [-0.39, 0.29) is 17.8 Å². The van der Waals surface area contributed by atoms with Gasteiger partial charge in [0.05, 0.1) is 5.56 Å². The summed E-state index contributed by atoms with van der Waals surface area (Å²) in [7, 11) is 0. The summed E-state index contributed by atoms with van der Waals surface area (Å²) in [6, 6.07) is 6.19. The van der Waals surface area contributed by atoms with Gasteiger partial charge in [0.1, 0.15) is 11.9 Å². The predicted molar refractivity (Wildman–Crippen MR) is 69.6 cm³/mol. The molecule has 1 N–H and O–H groups in total. The van der Waals surface area contributed by atoms with Crippen LogP contribution in [-0.2, 0) is 4.74 Å². The Morgan fingerprint density at radius 1 is 1.22 bits per heavy atom. The molecule has 0 bridgehead atoms. The lowest BCUT2D eigenvalue weighted by molar-refractivity contribution is 0.0164. The van der Waals surface area contributed by atoms with Gasteiger partial charge < -0.3 is 9.84 Å². The Bertz CT molecular complexity index is 389. The van der Waals surface area contributed by atoms with E-state index in [0.29, 0.717) is 5.56 Å². The van der Waals surface area contributed by atoms with Crippen LogP contribution in [0.15, 0.2) is 24.3 Å². The van der Waals surface area contributed by atoms with Gasteiger partial charge in [0.25, 0.3) is 0 Å². The third kappa shape index (κ3) is 3.25. The number of rotatable bonds is 3. The Labute approximate surface area is 108 Å². The largest absolute Gasteiger partial charge is 0.508 e. The SMILES string of the molecule is CCC1CCC(OC(=O)c2ccc(O)cc2)CC1. The molecule has 1 aromatic carbocycles. The third-order valence-corrected chi connectivity index (χ3v) is 3.75. The third-order valence-electron chi connectivity index (χ3n) is 3.75. The lowest BCUT2D eigenvalue weighted by atomic mass is 9.86. The van der Waals surface area contributed by atoms with Gasteiger partial charge in [-0.15, -0.1) is 0 Å². The summed E-state index contributed by atoms with van der Waals surface area (Å²) in [5.74, 6) is 0.679. The van der Waals surface area contributed by atoms with Gasteiger partial charge in [-0.05, 0) is 55.9 Å². The molecule has 3 nitrogen and oxygen atoms in total. The minimum absolute atomic E-state index is 0.0640. The number of benzene rings is 1. The van der Waals surface area contributed by atoms with Gasteiger partial charge in [-0.3, -0.25) is 0 Å². The van der Waals surface area contributed by atoms with Gasteiger partial charge >= 0.3 is 5.97 Å². The number of carbonyl (C=O) groups excluding carboxylic acids is 1. The Hall–Kier alpha value is -1.51. The molecule has 1 aromatic rings. The molecule has 0 unspecified atom stereocenters. The fourth-order valence-corrected chi connectivity index (χ4v) is 2.47. The lowest BCUT2D eigenvalue weighted by Crippen LogP contribution is -2.24. The van der Waals surface area contributed by atoms with Crippen LogP contribution >= 0.6 is 0 Å². The van der Waals surface area contributed by atoms with Crippen LogP contribution in [0.25, 0.3) is 0 Å². The van der Waals surface area contributed by atoms with Gasteiger partial charge in [-0.2, -0.15) is 0 Å². The summed E-state index contributed by atoms with van der Waals surface area (Å²) in [6.45, 7) is 2.22. The van der Waals surface area contributed by atoms with Crippen LogP contribution in [0.4, 0.5) is 0 Å². The first kappa shape index (κ1) is 12.9. The Kier molecular flexibility index (Phi) is 4.24. The zero-order valence-electron chi connectivity index (χ0n) is 10.8. The van der Waals surface area contributed by atoms with Gasteiger partial charge in [0.2, 0.25) is 0 Å². The fourth-order valence-electron chi connectivity index (χ4n) is 2.47. The average molecular weight is 248 g/mol. The first-order chi connectivity index (χ1) is 8.69. The van der Waals surface area contributed by atoms with Crippen molar-refractivity contribution in [2.45, 2.75) is 45.1 Å². The van der Waals surface area contributed by atoms with Crippen LogP contribution in [0.5, 0.6) is 5.75 Å². The van der Waals surface area contributed by atoms with Gasteiger partial charge in [0, 0.05) is 0 Å². The van der Waals surface area contributed by atoms with E-state index in [4.69, 9.17) is 9.84 Å². The van der Waals surface area contributed by atoms with Crippen molar-refractivity contribution in [1.82, 2.24) is 0 Å². The normalized spacial score (nSPS) is 23.6. The average Bonchev–Trinajstić information content (AvgIpc) is 2.40. The second-order valence-corrected chi connectivity index (χ2v) is 5.00. The number of aromatic hydroxyl groups is 1. The lowest BCUT2D eigenvalue weighted by Gasteiger charge is -2.27. The molecule has 1 aliphatic rings.